The number of aryl methyl sites for hydroxylation is 2. The number of imide groups is 1. The zero-order valence-electron chi connectivity index (χ0n) is 21.6. The third-order valence-corrected chi connectivity index (χ3v) is 6.43. The molecule has 0 unspecified atom stereocenters. The summed E-state index contributed by atoms with van der Waals surface area (Å²) >= 11 is 0. The van der Waals surface area contributed by atoms with Crippen LogP contribution in [0, 0.1) is 13.8 Å². The van der Waals surface area contributed by atoms with E-state index in [4.69, 9.17) is 4.74 Å². The molecule has 2 N–H and O–H groups in total. The number of urea groups is 1. The predicted molar refractivity (Wildman–Crippen MR) is 144 cm³/mol. The van der Waals surface area contributed by atoms with E-state index in [1.165, 1.54) is 12.7 Å². The quantitative estimate of drug-likeness (QED) is 0.320. The average Bonchev–Trinajstić information content (AvgIpc) is 3.32. The van der Waals surface area contributed by atoms with Crippen molar-refractivity contribution >= 4 is 29.6 Å². The molecule has 4 rings (SSSR count). The van der Waals surface area contributed by atoms with Crippen molar-refractivity contribution in [2.75, 3.05) is 19.0 Å². The molecule has 8 heteroatoms. The molecule has 8 nitrogen and oxygen atoms in total. The Morgan fingerprint density at radius 2 is 1.81 bits per heavy atom. The molecule has 4 amide bonds. The van der Waals surface area contributed by atoms with Gasteiger partial charge in [-0.1, -0.05) is 37.6 Å². The lowest BCUT2D eigenvalue weighted by Crippen LogP contribution is -2.38. The molecule has 0 atom stereocenters. The van der Waals surface area contributed by atoms with Crippen molar-refractivity contribution in [3.05, 3.63) is 82.8 Å². The maximum Gasteiger partial charge on any atom is 0.329 e. The highest BCUT2D eigenvalue weighted by molar-refractivity contribution is 6.16. The fourth-order valence-electron chi connectivity index (χ4n) is 4.48. The summed E-state index contributed by atoms with van der Waals surface area (Å²) in [6.07, 6.45) is 5.05. The van der Waals surface area contributed by atoms with Crippen LogP contribution in [0.15, 0.2) is 60.3 Å². The first-order valence-electron chi connectivity index (χ1n) is 12.4. The second-order valence-corrected chi connectivity index (χ2v) is 9.06. The van der Waals surface area contributed by atoms with E-state index in [1.54, 1.807) is 30.3 Å². The van der Waals surface area contributed by atoms with Crippen molar-refractivity contribution in [1.29, 1.82) is 0 Å². The van der Waals surface area contributed by atoms with Crippen molar-refractivity contribution in [1.82, 2.24) is 14.8 Å². The number of benzene rings is 2. The van der Waals surface area contributed by atoms with Gasteiger partial charge in [0.1, 0.15) is 18.0 Å². The molecule has 2 aromatic carbocycles. The Balaban J connectivity index is 1.50. The summed E-state index contributed by atoms with van der Waals surface area (Å²) in [6, 6.07) is 16.8. The molecule has 0 radical (unpaired) electrons. The minimum Gasteiger partial charge on any atom is -0.495 e. The first-order valence-corrected chi connectivity index (χ1v) is 12.4. The van der Waals surface area contributed by atoms with Gasteiger partial charge in [-0.05, 0) is 74.2 Å². The highest BCUT2D eigenvalue weighted by Gasteiger charge is 2.35. The maximum atomic E-state index is 13.0. The van der Waals surface area contributed by atoms with E-state index < -0.39 is 24.4 Å². The Bertz CT molecular complexity index is 1350. The van der Waals surface area contributed by atoms with Gasteiger partial charge in [-0.3, -0.25) is 9.59 Å². The van der Waals surface area contributed by atoms with E-state index in [0.29, 0.717) is 11.4 Å². The molecular weight excluding hydrogens is 468 g/mol. The van der Waals surface area contributed by atoms with Crippen LogP contribution < -0.4 is 15.4 Å². The minimum atomic E-state index is -0.636. The smallest absolute Gasteiger partial charge is 0.329 e. The van der Waals surface area contributed by atoms with E-state index in [1.807, 2.05) is 19.9 Å². The van der Waals surface area contributed by atoms with Crippen molar-refractivity contribution in [3.8, 4) is 11.4 Å². The van der Waals surface area contributed by atoms with Crippen molar-refractivity contribution in [2.24, 2.45) is 0 Å². The molecule has 0 aliphatic carbocycles. The molecule has 1 fully saturated rings. The van der Waals surface area contributed by atoms with Crippen LogP contribution >= 0.6 is 0 Å². The number of carbonyl (C=O) groups excluding carboxylic acids is 3. The number of hydrogen-bond acceptors (Lipinski definition) is 4. The zero-order chi connectivity index (χ0) is 26.5. The van der Waals surface area contributed by atoms with E-state index in [0.717, 1.165) is 46.8 Å². The van der Waals surface area contributed by atoms with Crippen LogP contribution in [0.5, 0.6) is 5.75 Å². The highest BCUT2D eigenvalue weighted by Crippen LogP contribution is 2.25. The Morgan fingerprint density at radius 3 is 2.51 bits per heavy atom. The fourth-order valence-corrected chi connectivity index (χ4v) is 4.48. The maximum absolute atomic E-state index is 13.0. The minimum absolute atomic E-state index is 0.130. The number of ether oxygens (including phenoxy) is 1. The van der Waals surface area contributed by atoms with Crippen LogP contribution in [0.4, 0.5) is 10.5 Å². The van der Waals surface area contributed by atoms with Gasteiger partial charge in [0.2, 0.25) is 5.91 Å². The fraction of sp³-hybridized carbons (Fsp3) is 0.276. The molecule has 1 aliphatic heterocycles. The molecule has 1 saturated heterocycles. The second-order valence-electron chi connectivity index (χ2n) is 9.06. The summed E-state index contributed by atoms with van der Waals surface area (Å²) in [6.45, 7) is 5.75. The topological polar surface area (TPSA) is 92.7 Å². The molecule has 0 saturated carbocycles. The van der Waals surface area contributed by atoms with Gasteiger partial charge in [0.05, 0.1) is 12.8 Å². The van der Waals surface area contributed by atoms with Crippen LogP contribution in [0.1, 0.15) is 42.3 Å². The van der Waals surface area contributed by atoms with Crippen LogP contribution in [0.2, 0.25) is 0 Å². The van der Waals surface area contributed by atoms with Crippen molar-refractivity contribution in [3.63, 3.8) is 0 Å². The monoisotopic (exact) mass is 500 g/mol. The molecule has 3 aromatic rings. The van der Waals surface area contributed by atoms with E-state index >= 15 is 0 Å². The molecule has 0 spiro atoms. The van der Waals surface area contributed by atoms with Crippen LogP contribution in [-0.2, 0) is 16.0 Å². The molecule has 37 heavy (non-hydrogen) atoms. The van der Waals surface area contributed by atoms with E-state index in [-0.39, 0.29) is 5.70 Å². The van der Waals surface area contributed by atoms with Gasteiger partial charge in [0, 0.05) is 17.1 Å². The summed E-state index contributed by atoms with van der Waals surface area (Å²) in [5.41, 5.74) is 5.71. The number of para-hydroxylation sites is 2. The number of aromatic nitrogens is 1. The van der Waals surface area contributed by atoms with Crippen molar-refractivity contribution in [2.45, 2.75) is 40.0 Å². The third-order valence-electron chi connectivity index (χ3n) is 6.43. The molecule has 1 aliphatic rings. The number of carbonyl (C=O) groups is 3. The van der Waals surface area contributed by atoms with Crippen LogP contribution in [0.25, 0.3) is 11.8 Å². The van der Waals surface area contributed by atoms with Gasteiger partial charge in [-0.25, -0.2) is 9.69 Å². The van der Waals surface area contributed by atoms with E-state index in [2.05, 4.69) is 46.4 Å². The standard InChI is InChI=1S/C29H32N4O4/c1-5-6-9-21-12-14-23(15-13-21)33-19(2)16-22(20(33)3)17-25-28(35)32(29(36)31-25)18-27(34)30-24-10-7-8-11-26(24)37-4/h7-8,10-17H,5-6,9,18H2,1-4H3,(H,30,34)(H,31,36)/b25-17+. The van der Waals surface area contributed by atoms with E-state index in [9.17, 15) is 14.4 Å². The lowest BCUT2D eigenvalue weighted by Gasteiger charge is -2.13. The summed E-state index contributed by atoms with van der Waals surface area (Å²) in [7, 11) is 1.50. The van der Waals surface area contributed by atoms with Crippen molar-refractivity contribution < 1.29 is 19.1 Å². The van der Waals surface area contributed by atoms with Gasteiger partial charge >= 0.3 is 6.03 Å². The predicted octanol–water partition coefficient (Wildman–Crippen LogP) is 4.98. The normalized spacial score (nSPS) is 14.3. The second kappa shape index (κ2) is 11.2. The zero-order valence-corrected chi connectivity index (χ0v) is 21.6. The first-order chi connectivity index (χ1) is 17.8. The number of nitrogens with one attached hydrogen (secondary N) is 2. The lowest BCUT2D eigenvalue weighted by atomic mass is 10.1. The van der Waals surface area contributed by atoms with Gasteiger partial charge in [0.15, 0.2) is 0 Å². The van der Waals surface area contributed by atoms with Gasteiger partial charge in [-0.15, -0.1) is 0 Å². The number of rotatable bonds is 9. The largest absolute Gasteiger partial charge is 0.495 e. The SMILES string of the molecule is CCCCc1ccc(-n2c(C)cc(/C=C3/NC(=O)N(CC(=O)Nc4ccccc4OC)C3=O)c2C)cc1. The molecule has 192 valence electrons. The molecule has 2 heterocycles. The number of amides is 4. The number of hydrogen-bond donors (Lipinski definition) is 2. The van der Waals surface area contributed by atoms with Gasteiger partial charge in [0.25, 0.3) is 5.91 Å². The summed E-state index contributed by atoms with van der Waals surface area (Å²) < 4.78 is 7.35. The Kier molecular flexibility index (Phi) is 7.77. The van der Waals surface area contributed by atoms with Gasteiger partial charge in [-0.2, -0.15) is 0 Å². The summed E-state index contributed by atoms with van der Waals surface area (Å²) in [4.78, 5) is 39.0. The van der Waals surface area contributed by atoms with Crippen LogP contribution in [0.3, 0.4) is 0 Å². The number of unbranched alkanes of at least 4 members (excludes halogenated alkanes) is 1. The number of methoxy groups -OCH3 is 1. The molecule has 1 aromatic heterocycles. The Morgan fingerprint density at radius 1 is 1.08 bits per heavy atom. The first kappa shape index (κ1) is 25.8. The number of anilines is 1. The van der Waals surface area contributed by atoms with Crippen LogP contribution in [-0.4, -0.2) is 41.0 Å². The lowest BCUT2D eigenvalue weighted by molar-refractivity contribution is -0.127. The average molecular weight is 501 g/mol. The Labute approximate surface area is 216 Å². The molecular formula is C29H32N4O4. The highest BCUT2D eigenvalue weighted by atomic mass is 16.5. The number of nitrogens with zero attached hydrogens (tertiary/aromatic N) is 2. The third kappa shape index (κ3) is 5.58. The Hall–Kier alpha value is -4.33. The summed E-state index contributed by atoms with van der Waals surface area (Å²) in [5, 5.41) is 5.29. The summed E-state index contributed by atoms with van der Waals surface area (Å²) in [5.74, 6) is -0.570. The van der Waals surface area contributed by atoms with Gasteiger partial charge < -0.3 is 19.9 Å². The molecule has 0 bridgehead atoms.